The van der Waals surface area contributed by atoms with Gasteiger partial charge in [0.15, 0.2) is 0 Å². The van der Waals surface area contributed by atoms with Gasteiger partial charge >= 0.3 is 0 Å². The summed E-state index contributed by atoms with van der Waals surface area (Å²) in [6, 6.07) is 12.9. The summed E-state index contributed by atoms with van der Waals surface area (Å²) in [6.07, 6.45) is 4.12. The molecule has 2 heterocycles. The highest BCUT2D eigenvalue weighted by Crippen LogP contribution is 2.42. The molecule has 196 valence electrons. The summed E-state index contributed by atoms with van der Waals surface area (Å²) < 4.78 is 32.8. The Bertz CT molecular complexity index is 1380. The fourth-order valence-electron chi connectivity index (χ4n) is 5.35. The molecule has 3 aromatic rings. The van der Waals surface area contributed by atoms with Crippen molar-refractivity contribution in [1.29, 1.82) is 0 Å². The number of hydrogen-bond acceptors (Lipinski definition) is 5. The number of benzene rings is 2. The van der Waals surface area contributed by atoms with Gasteiger partial charge in [-0.3, -0.25) is 4.79 Å². The number of rotatable bonds is 8. The van der Waals surface area contributed by atoms with Gasteiger partial charge in [0.05, 0.1) is 19.1 Å². The fraction of sp³-hybridized carbons (Fsp3) is 0.375. The van der Waals surface area contributed by atoms with Crippen LogP contribution in [0, 0.1) is 24.6 Å². The number of nitrogens with zero attached hydrogens (tertiary/aromatic N) is 1. The number of carbonyl (C=O) groups excluding carboxylic acids is 1. The molecule has 1 unspecified atom stereocenters. The first-order valence-corrected chi connectivity index (χ1v) is 13.1. The van der Waals surface area contributed by atoms with Gasteiger partial charge in [-0.15, -0.1) is 5.92 Å². The van der Waals surface area contributed by atoms with Crippen LogP contribution in [0.25, 0.3) is 11.1 Å². The molecule has 0 spiro atoms. The van der Waals surface area contributed by atoms with Crippen LogP contribution in [0.5, 0.6) is 11.6 Å². The summed E-state index contributed by atoms with van der Waals surface area (Å²) >= 11 is 0. The Labute approximate surface area is 223 Å². The van der Waals surface area contributed by atoms with Gasteiger partial charge in [0.1, 0.15) is 29.6 Å². The van der Waals surface area contributed by atoms with Crippen LogP contribution in [-0.2, 0) is 16.0 Å². The second kappa shape index (κ2) is 11.4. The monoisotopic (exact) mass is 513 g/mol. The number of ether oxygens (including phenoxy) is 3. The molecular weight excluding hydrogens is 481 g/mol. The van der Waals surface area contributed by atoms with Crippen molar-refractivity contribution in [3.8, 4) is 34.6 Å². The van der Waals surface area contributed by atoms with E-state index in [1.54, 1.807) is 13.8 Å². The van der Waals surface area contributed by atoms with Crippen molar-refractivity contribution in [2.24, 2.45) is 0 Å². The predicted molar refractivity (Wildman–Crippen MR) is 144 cm³/mol. The molecule has 5 rings (SSSR count). The van der Waals surface area contributed by atoms with Gasteiger partial charge in [-0.2, -0.15) is 0 Å². The Hall–Kier alpha value is -3.69. The molecule has 2 aromatic carbocycles. The van der Waals surface area contributed by atoms with E-state index in [0.717, 1.165) is 40.7 Å². The second-order valence-corrected chi connectivity index (χ2v) is 10.00. The van der Waals surface area contributed by atoms with Crippen LogP contribution in [0.15, 0.2) is 48.7 Å². The summed E-state index contributed by atoms with van der Waals surface area (Å²) in [5, 5.41) is 0. The number of aromatic nitrogens is 1. The third kappa shape index (κ3) is 5.58. The minimum atomic E-state index is -0.377. The van der Waals surface area contributed by atoms with Gasteiger partial charge < -0.3 is 14.2 Å². The van der Waals surface area contributed by atoms with Crippen molar-refractivity contribution in [2.75, 3.05) is 13.2 Å². The van der Waals surface area contributed by atoms with E-state index in [1.165, 1.54) is 6.07 Å². The van der Waals surface area contributed by atoms with E-state index in [1.807, 2.05) is 49.5 Å². The van der Waals surface area contributed by atoms with Crippen LogP contribution >= 0.6 is 0 Å². The molecule has 1 saturated heterocycles. The molecule has 1 aliphatic heterocycles. The van der Waals surface area contributed by atoms with Gasteiger partial charge in [-0.25, -0.2) is 9.37 Å². The Balaban J connectivity index is 1.36. The van der Waals surface area contributed by atoms with Crippen molar-refractivity contribution in [2.45, 2.75) is 64.6 Å². The van der Waals surface area contributed by atoms with E-state index >= 15 is 4.39 Å². The molecule has 1 aromatic heterocycles. The maximum Gasteiger partial charge on any atom is 0.213 e. The minimum Gasteiger partial charge on any atom is -0.486 e. The Kier molecular flexibility index (Phi) is 7.76. The van der Waals surface area contributed by atoms with E-state index in [9.17, 15) is 4.79 Å². The van der Waals surface area contributed by atoms with E-state index in [0.29, 0.717) is 43.2 Å². The summed E-state index contributed by atoms with van der Waals surface area (Å²) in [6.45, 7) is 6.68. The lowest BCUT2D eigenvalue weighted by atomic mass is 9.94. The minimum absolute atomic E-state index is 0.0365. The number of hydrogen-bond donors (Lipinski definition) is 0. The molecule has 2 aliphatic rings. The average molecular weight is 514 g/mol. The molecule has 0 radical (unpaired) electrons. The van der Waals surface area contributed by atoms with Crippen LogP contribution in [0.2, 0.25) is 0 Å². The summed E-state index contributed by atoms with van der Waals surface area (Å²) in [5.74, 6) is 6.98. The fourth-order valence-corrected chi connectivity index (χ4v) is 5.35. The van der Waals surface area contributed by atoms with Gasteiger partial charge in [-0.05, 0) is 74.1 Å². The van der Waals surface area contributed by atoms with Crippen LogP contribution in [-0.4, -0.2) is 30.1 Å². The van der Waals surface area contributed by atoms with Crippen molar-refractivity contribution < 1.29 is 23.4 Å². The van der Waals surface area contributed by atoms with Crippen molar-refractivity contribution in [3.05, 3.63) is 76.7 Å². The van der Waals surface area contributed by atoms with E-state index in [-0.39, 0.29) is 29.7 Å². The molecule has 6 heteroatoms. The molecule has 0 N–H and O–H groups in total. The number of halogens is 1. The number of Topliss-reactive ketones (excluding diaryl/α,β-unsaturated/α-hetero) is 1. The number of aryl methyl sites for hydroxylation is 1. The first kappa shape index (κ1) is 25.9. The Morgan fingerprint density at radius 2 is 1.97 bits per heavy atom. The quantitative estimate of drug-likeness (QED) is 0.321. The van der Waals surface area contributed by atoms with Crippen molar-refractivity contribution in [1.82, 2.24) is 4.98 Å². The first-order chi connectivity index (χ1) is 18.4. The summed E-state index contributed by atoms with van der Waals surface area (Å²) in [4.78, 5) is 16.2. The third-order valence-electron chi connectivity index (χ3n) is 7.20. The average Bonchev–Trinajstić information content (AvgIpc) is 3.56. The molecule has 5 nitrogen and oxygen atoms in total. The first-order valence-electron chi connectivity index (χ1n) is 13.1. The Morgan fingerprint density at radius 1 is 1.16 bits per heavy atom. The lowest BCUT2D eigenvalue weighted by Gasteiger charge is -2.18. The molecule has 0 amide bonds. The summed E-state index contributed by atoms with van der Waals surface area (Å²) in [5.41, 5.74) is 5.52. The second-order valence-electron chi connectivity index (χ2n) is 10.00. The van der Waals surface area contributed by atoms with Gasteiger partial charge in [-0.1, -0.05) is 24.1 Å². The lowest BCUT2D eigenvalue weighted by Crippen LogP contribution is -2.16. The van der Waals surface area contributed by atoms with Gasteiger partial charge in [0.25, 0.3) is 0 Å². The number of ketones is 1. The topological polar surface area (TPSA) is 57.7 Å². The maximum absolute atomic E-state index is 15.1. The molecular formula is C32H32FNO4. The zero-order valence-electron chi connectivity index (χ0n) is 22.1. The lowest BCUT2D eigenvalue weighted by molar-refractivity contribution is -0.117. The molecule has 3 atom stereocenters. The van der Waals surface area contributed by atoms with Gasteiger partial charge in [0.2, 0.25) is 5.88 Å². The zero-order valence-corrected chi connectivity index (χ0v) is 22.1. The van der Waals surface area contributed by atoms with E-state index < -0.39 is 0 Å². The number of pyridine rings is 1. The van der Waals surface area contributed by atoms with Crippen LogP contribution in [0.3, 0.4) is 0 Å². The maximum atomic E-state index is 15.1. The standard InChI is InChI=1S/C32H32FNO4/c1-4-5-23(17-21(3)35)22-6-8-24(9-7-22)37-30-13-11-27-26(10-12-29(33)32(27)30)28-18-34-31(16-20(28)2)38-25-14-15-36-19-25/h6-10,12,16,18,23,25,30H,11,13-15,17,19H2,1-3H3/t23-,25?,30+/m0/s1. The highest BCUT2D eigenvalue weighted by molar-refractivity contribution is 5.77. The third-order valence-corrected chi connectivity index (χ3v) is 7.20. The molecule has 0 saturated carbocycles. The SMILES string of the molecule is CC#C[C@@H](CC(C)=O)c1ccc(O[C@@H]2CCc3c(-c4cnc(OC5CCOC5)cc4C)ccc(F)c32)cc1. The van der Waals surface area contributed by atoms with Crippen LogP contribution in [0.1, 0.15) is 67.4 Å². The smallest absolute Gasteiger partial charge is 0.213 e. The molecule has 1 aliphatic carbocycles. The Morgan fingerprint density at radius 3 is 2.66 bits per heavy atom. The molecule has 1 fully saturated rings. The molecule has 38 heavy (non-hydrogen) atoms. The summed E-state index contributed by atoms with van der Waals surface area (Å²) in [7, 11) is 0. The number of fused-ring (bicyclic) bond motifs is 1. The zero-order chi connectivity index (χ0) is 26.6. The largest absolute Gasteiger partial charge is 0.486 e. The van der Waals surface area contributed by atoms with E-state index in [4.69, 9.17) is 14.2 Å². The number of carbonyl (C=O) groups is 1. The highest BCUT2D eigenvalue weighted by Gasteiger charge is 2.31. The van der Waals surface area contributed by atoms with Gasteiger partial charge in [0, 0.05) is 36.2 Å². The normalized spacial score (nSPS) is 18.8. The van der Waals surface area contributed by atoms with Crippen LogP contribution in [0.4, 0.5) is 4.39 Å². The van der Waals surface area contributed by atoms with Crippen molar-refractivity contribution in [3.63, 3.8) is 0 Å². The van der Waals surface area contributed by atoms with E-state index in [2.05, 4.69) is 16.8 Å². The van der Waals surface area contributed by atoms with Crippen molar-refractivity contribution >= 4 is 5.78 Å². The highest BCUT2D eigenvalue weighted by atomic mass is 19.1. The van der Waals surface area contributed by atoms with Crippen LogP contribution < -0.4 is 9.47 Å². The molecule has 0 bridgehead atoms. The predicted octanol–water partition coefficient (Wildman–Crippen LogP) is 6.52.